The number of hydrogen-bond acceptors (Lipinski definition) is 4. The van der Waals surface area contributed by atoms with Gasteiger partial charge in [-0.3, -0.25) is 14.9 Å². The van der Waals surface area contributed by atoms with Crippen LogP contribution in [0.4, 0.5) is 0 Å². The third kappa shape index (κ3) is 2.84. The Bertz CT molecular complexity index is 796. The van der Waals surface area contributed by atoms with Gasteiger partial charge in [0, 0.05) is 38.1 Å². The second kappa shape index (κ2) is 6.08. The van der Waals surface area contributed by atoms with Gasteiger partial charge in [-0.25, -0.2) is 4.98 Å². The molecule has 1 aliphatic rings. The first-order valence-corrected chi connectivity index (χ1v) is 8.20. The topological polar surface area (TPSA) is 46.8 Å². The highest BCUT2D eigenvalue weighted by atomic mass is 15.2. The Morgan fingerprint density at radius 2 is 2.13 bits per heavy atom. The van der Waals surface area contributed by atoms with Crippen molar-refractivity contribution in [3.05, 3.63) is 54.4 Å². The molecule has 0 radical (unpaired) electrons. The molecule has 0 N–H and O–H groups in total. The molecule has 0 unspecified atom stereocenters. The Labute approximate surface area is 136 Å². The van der Waals surface area contributed by atoms with Crippen molar-refractivity contribution in [2.75, 3.05) is 13.1 Å². The second-order valence-electron chi connectivity index (χ2n) is 6.28. The number of aryl methyl sites for hydroxylation is 1. The summed E-state index contributed by atoms with van der Waals surface area (Å²) in [6, 6.07) is 8.32. The Morgan fingerprint density at radius 1 is 1.22 bits per heavy atom. The van der Waals surface area contributed by atoms with Crippen LogP contribution in [0.2, 0.25) is 0 Å². The Morgan fingerprint density at radius 3 is 2.96 bits per heavy atom. The lowest BCUT2D eigenvalue weighted by atomic mass is 9.95. The predicted molar refractivity (Wildman–Crippen MR) is 90.0 cm³/mol. The molecule has 2 aromatic heterocycles. The van der Waals surface area contributed by atoms with E-state index in [9.17, 15) is 0 Å². The average Bonchev–Trinajstić information content (AvgIpc) is 2.92. The molecule has 118 valence electrons. The van der Waals surface area contributed by atoms with Crippen LogP contribution < -0.4 is 0 Å². The number of benzene rings is 1. The van der Waals surface area contributed by atoms with Gasteiger partial charge in [0.15, 0.2) is 0 Å². The molecular weight excluding hydrogens is 286 g/mol. The van der Waals surface area contributed by atoms with Gasteiger partial charge in [0.2, 0.25) is 0 Å². The monoisotopic (exact) mass is 307 g/mol. The van der Waals surface area contributed by atoms with E-state index in [0.29, 0.717) is 5.92 Å². The molecular formula is C18H21N5. The van der Waals surface area contributed by atoms with Crippen molar-refractivity contribution < 1.29 is 0 Å². The minimum absolute atomic E-state index is 0.479. The number of aromatic nitrogens is 4. The predicted octanol–water partition coefficient (Wildman–Crippen LogP) is 2.74. The normalized spacial score (nSPS) is 19.3. The lowest BCUT2D eigenvalue weighted by Gasteiger charge is -2.31. The number of hydrogen-bond donors (Lipinski definition) is 0. The minimum atomic E-state index is 0.479. The van der Waals surface area contributed by atoms with E-state index < -0.39 is 0 Å². The first-order valence-electron chi connectivity index (χ1n) is 8.20. The van der Waals surface area contributed by atoms with E-state index >= 15 is 0 Å². The molecule has 5 nitrogen and oxygen atoms in total. The number of piperidine rings is 1. The van der Waals surface area contributed by atoms with Crippen molar-refractivity contribution in [1.29, 1.82) is 0 Å². The molecule has 1 aromatic carbocycles. The molecule has 0 saturated carbocycles. The van der Waals surface area contributed by atoms with Crippen molar-refractivity contribution in [1.82, 2.24) is 24.4 Å². The molecule has 23 heavy (non-hydrogen) atoms. The molecule has 5 heteroatoms. The summed E-state index contributed by atoms with van der Waals surface area (Å²) in [6.07, 6.45) is 7.83. The van der Waals surface area contributed by atoms with Crippen LogP contribution in [0.25, 0.3) is 11.0 Å². The van der Waals surface area contributed by atoms with Crippen molar-refractivity contribution in [3.63, 3.8) is 0 Å². The second-order valence-corrected chi connectivity index (χ2v) is 6.28. The van der Waals surface area contributed by atoms with Gasteiger partial charge in [0.25, 0.3) is 0 Å². The number of fused-ring (bicyclic) bond motifs is 1. The lowest BCUT2D eigenvalue weighted by molar-refractivity contribution is 0.192. The summed E-state index contributed by atoms with van der Waals surface area (Å²) in [6.45, 7) is 3.05. The summed E-state index contributed by atoms with van der Waals surface area (Å²) in [7, 11) is 2.11. The first-order chi connectivity index (χ1) is 11.3. The summed E-state index contributed by atoms with van der Waals surface area (Å²) >= 11 is 0. The third-order valence-corrected chi connectivity index (χ3v) is 4.75. The highest BCUT2D eigenvalue weighted by molar-refractivity contribution is 5.75. The zero-order valence-corrected chi connectivity index (χ0v) is 13.4. The van der Waals surface area contributed by atoms with Gasteiger partial charge in [0.1, 0.15) is 5.82 Å². The van der Waals surface area contributed by atoms with Gasteiger partial charge >= 0.3 is 0 Å². The van der Waals surface area contributed by atoms with Gasteiger partial charge in [-0.05, 0) is 31.5 Å². The van der Waals surface area contributed by atoms with E-state index in [1.165, 1.54) is 18.4 Å². The summed E-state index contributed by atoms with van der Waals surface area (Å²) in [5.74, 6) is 1.61. The number of likely N-dealkylation sites (tertiary alicyclic amines) is 1. The fraction of sp³-hybridized carbons (Fsp3) is 0.389. The van der Waals surface area contributed by atoms with Crippen LogP contribution in [0.5, 0.6) is 0 Å². The molecule has 1 fully saturated rings. The van der Waals surface area contributed by atoms with Crippen molar-refractivity contribution >= 4 is 11.0 Å². The maximum atomic E-state index is 4.80. The highest BCUT2D eigenvalue weighted by Crippen LogP contribution is 2.26. The van der Waals surface area contributed by atoms with E-state index in [-0.39, 0.29) is 0 Å². The molecule has 4 rings (SSSR count). The van der Waals surface area contributed by atoms with Crippen molar-refractivity contribution in [2.24, 2.45) is 7.05 Å². The van der Waals surface area contributed by atoms with E-state index in [0.717, 1.165) is 36.7 Å². The van der Waals surface area contributed by atoms with Crippen LogP contribution in [-0.4, -0.2) is 37.5 Å². The SMILES string of the molecule is Cn1c(CN2CCC[C@H](c3cnccn3)C2)nc2ccccc21. The number of para-hydroxylation sites is 2. The maximum absolute atomic E-state index is 4.80. The molecule has 0 spiro atoms. The summed E-state index contributed by atoms with van der Waals surface area (Å²) < 4.78 is 2.21. The first kappa shape index (κ1) is 14.3. The molecule has 0 aliphatic carbocycles. The minimum Gasteiger partial charge on any atom is -0.330 e. The zero-order valence-electron chi connectivity index (χ0n) is 13.4. The standard InChI is InChI=1S/C18H21N5/c1-22-17-7-3-2-6-15(17)21-18(22)13-23-10-4-5-14(12-23)16-11-19-8-9-20-16/h2-3,6-9,11,14H,4-5,10,12-13H2,1H3/t14-/m0/s1. The van der Waals surface area contributed by atoms with Gasteiger partial charge in [-0.1, -0.05) is 12.1 Å². The third-order valence-electron chi connectivity index (χ3n) is 4.75. The largest absolute Gasteiger partial charge is 0.330 e. The maximum Gasteiger partial charge on any atom is 0.123 e. The van der Waals surface area contributed by atoms with Gasteiger partial charge in [-0.2, -0.15) is 0 Å². The summed E-state index contributed by atoms with van der Waals surface area (Å²) in [5.41, 5.74) is 3.39. The summed E-state index contributed by atoms with van der Waals surface area (Å²) in [5, 5.41) is 0. The molecule has 1 aliphatic heterocycles. The van der Waals surface area contributed by atoms with E-state index in [1.54, 1.807) is 12.4 Å². The molecule has 0 amide bonds. The van der Waals surface area contributed by atoms with Crippen LogP contribution in [-0.2, 0) is 13.6 Å². The smallest absolute Gasteiger partial charge is 0.123 e. The van der Waals surface area contributed by atoms with E-state index in [4.69, 9.17) is 4.98 Å². The molecule has 1 saturated heterocycles. The lowest BCUT2D eigenvalue weighted by Crippen LogP contribution is -2.35. The Kier molecular flexibility index (Phi) is 3.79. The van der Waals surface area contributed by atoms with Crippen LogP contribution >= 0.6 is 0 Å². The Hall–Kier alpha value is -2.27. The van der Waals surface area contributed by atoms with E-state index in [1.807, 2.05) is 12.3 Å². The van der Waals surface area contributed by atoms with Crippen molar-refractivity contribution in [2.45, 2.75) is 25.3 Å². The fourth-order valence-corrected chi connectivity index (χ4v) is 3.50. The molecule has 3 aromatic rings. The zero-order chi connectivity index (χ0) is 15.6. The fourth-order valence-electron chi connectivity index (χ4n) is 3.50. The molecule has 1 atom stereocenters. The van der Waals surface area contributed by atoms with Gasteiger partial charge in [0.05, 0.1) is 23.3 Å². The van der Waals surface area contributed by atoms with Crippen molar-refractivity contribution in [3.8, 4) is 0 Å². The van der Waals surface area contributed by atoms with Crippen LogP contribution in [0.3, 0.4) is 0 Å². The number of nitrogens with zero attached hydrogens (tertiary/aromatic N) is 5. The Balaban J connectivity index is 1.53. The quantitative estimate of drug-likeness (QED) is 0.746. The van der Waals surface area contributed by atoms with E-state index in [2.05, 4.69) is 44.7 Å². The molecule has 0 bridgehead atoms. The highest BCUT2D eigenvalue weighted by Gasteiger charge is 2.23. The van der Waals surface area contributed by atoms with Crippen LogP contribution in [0, 0.1) is 0 Å². The average molecular weight is 307 g/mol. The summed E-state index contributed by atoms with van der Waals surface area (Å²) in [4.78, 5) is 16.0. The van der Waals surface area contributed by atoms with Crippen LogP contribution in [0.1, 0.15) is 30.3 Å². The van der Waals surface area contributed by atoms with Crippen LogP contribution in [0.15, 0.2) is 42.9 Å². The number of rotatable bonds is 3. The van der Waals surface area contributed by atoms with Gasteiger partial charge < -0.3 is 4.57 Å². The number of imidazole rings is 1. The molecule has 3 heterocycles. The van der Waals surface area contributed by atoms with Gasteiger partial charge in [-0.15, -0.1) is 0 Å².